The summed E-state index contributed by atoms with van der Waals surface area (Å²) in [6, 6.07) is 10.4. The minimum Gasteiger partial charge on any atom is -0.379 e. The van der Waals surface area contributed by atoms with Gasteiger partial charge in [-0.25, -0.2) is 0 Å². The van der Waals surface area contributed by atoms with Crippen molar-refractivity contribution < 1.29 is 9.53 Å². The van der Waals surface area contributed by atoms with Gasteiger partial charge in [0.2, 0.25) is 5.91 Å². The SMILES string of the molecule is O=C(N1CCC[C@@H](CN2CCOCC2)C1)C1(c2ccccc2)CC1. The van der Waals surface area contributed by atoms with Gasteiger partial charge in [-0.05, 0) is 37.2 Å². The summed E-state index contributed by atoms with van der Waals surface area (Å²) in [7, 11) is 0. The Morgan fingerprint density at radius 2 is 1.88 bits per heavy atom. The summed E-state index contributed by atoms with van der Waals surface area (Å²) in [4.78, 5) is 17.9. The second-order valence-corrected chi connectivity index (χ2v) is 7.62. The molecule has 1 aromatic rings. The first-order chi connectivity index (χ1) is 11.8. The highest BCUT2D eigenvalue weighted by atomic mass is 16.5. The molecule has 1 amide bonds. The monoisotopic (exact) mass is 328 g/mol. The average Bonchev–Trinajstić information content (AvgIpc) is 3.45. The summed E-state index contributed by atoms with van der Waals surface area (Å²) >= 11 is 0. The van der Waals surface area contributed by atoms with Crippen LogP contribution in [0.2, 0.25) is 0 Å². The summed E-state index contributed by atoms with van der Waals surface area (Å²) in [5.41, 5.74) is 1.01. The summed E-state index contributed by atoms with van der Waals surface area (Å²) in [6.45, 7) is 6.78. The maximum Gasteiger partial charge on any atom is 0.233 e. The fraction of sp³-hybridized carbons (Fsp3) is 0.650. The Morgan fingerprint density at radius 3 is 2.58 bits per heavy atom. The van der Waals surface area contributed by atoms with Gasteiger partial charge in [0.15, 0.2) is 0 Å². The van der Waals surface area contributed by atoms with Gasteiger partial charge in [-0.15, -0.1) is 0 Å². The van der Waals surface area contributed by atoms with Crippen LogP contribution in [0.3, 0.4) is 0 Å². The van der Waals surface area contributed by atoms with Gasteiger partial charge in [0.05, 0.1) is 18.6 Å². The molecule has 1 saturated carbocycles. The lowest BCUT2D eigenvalue weighted by Gasteiger charge is -2.38. The summed E-state index contributed by atoms with van der Waals surface area (Å²) in [5, 5.41) is 0. The Morgan fingerprint density at radius 1 is 1.12 bits per heavy atom. The lowest BCUT2D eigenvalue weighted by Crippen LogP contribution is -2.48. The van der Waals surface area contributed by atoms with E-state index in [-0.39, 0.29) is 5.41 Å². The molecular formula is C20H28N2O2. The zero-order valence-electron chi connectivity index (χ0n) is 14.5. The quantitative estimate of drug-likeness (QED) is 0.850. The van der Waals surface area contributed by atoms with E-state index in [1.54, 1.807) is 0 Å². The van der Waals surface area contributed by atoms with Crippen molar-refractivity contribution in [2.45, 2.75) is 31.1 Å². The molecule has 2 saturated heterocycles. The van der Waals surface area contributed by atoms with Crippen LogP contribution in [0.4, 0.5) is 0 Å². The molecule has 3 aliphatic rings. The van der Waals surface area contributed by atoms with Crippen molar-refractivity contribution in [1.82, 2.24) is 9.80 Å². The molecule has 0 aromatic heterocycles. The summed E-state index contributed by atoms with van der Waals surface area (Å²) < 4.78 is 5.44. The lowest BCUT2D eigenvalue weighted by molar-refractivity contribution is -0.136. The van der Waals surface area contributed by atoms with E-state index in [0.717, 1.165) is 65.2 Å². The molecule has 4 heteroatoms. The Kier molecular flexibility index (Phi) is 4.59. The summed E-state index contributed by atoms with van der Waals surface area (Å²) in [5.74, 6) is 0.993. The molecule has 4 nitrogen and oxygen atoms in total. The number of amides is 1. The average molecular weight is 328 g/mol. The van der Waals surface area contributed by atoms with E-state index in [9.17, 15) is 4.79 Å². The third kappa shape index (κ3) is 3.22. The van der Waals surface area contributed by atoms with Gasteiger partial charge < -0.3 is 9.64 Å². The number of likely N-dealkylation sites (tertiary alicyclic amines) is 1. The number of hydrogen-bond acceptors (Lipinski definition) is 3. The van der Waals surface area contributed by atoms with Crippen LogP contribution in [-0.4, -0.2) is 61.6 Å². The number of morpholine rings is 1. The highest BCUT2D eigenvalue weighted by Gasteiger charge is 2.53. The minimum atomic E-state index is -0.206. The number of ether oxygens (including phenoxy) is 1. The van der Waals surface area contributed by atoms with Crippen LogP contribution in [0.25, 0.3) is 0 Å². The molecule has 2 aliphatic heterocycles. The minimum absolute atomic E-state index is 0.206. The third-order valence-corrected chi connectivity index (χ3v) is 5.91. The molecule has 1 aromatic carbocycles. The van der Waals surface area contributed by atoms with Crippen molar-refractivity contribution >= 4 is 5.91 Å². The van der Waals surface area contributed by atoms with Gasteiger partial charge in [0.25, 0.3) is 0 Å². The van der Waals surface area contributed by atoms with Gasteiger partial charge in [0, 0.05) is 32.7 Å². The first-order valence-corrected chi connectivity index (χ1v) is 9.43. The van der Waals surface area contributed by atoms with E-state index in [0.29, 0.717) is 11.8 Å². The third-order valence-electron chi connectivity index (χ3n) is 5.91. The van der Waals surface area contributed by atoms with Gasteiger partial charge in [-0.3, -0.25) is 9.69 Å². The van der Waals surface area contributed by atoms with Crippen LogP contribution in [-0.2, 0) is 14.9 Å². The Labute approximate surface area is 144 Å². The number of nitrogens with zero attached hydrogens (tertiary/aromatic N) is 2. The van der Waals surface area contributed by atoms with Gasteiger partial charge in [-0.2, -0.15) is 0 Å². The molecule has 1 aliphatic carbocycles. The Bertz CT molecular complexity index is 564. The van der Waals surface area contributed by atoms with E-state index >= 15 is 0 Å². The molecule has 0 radical (unpaired) electrons. The van der Waals surface area contributed by atoms with Gasteiger partial charge in [0.1, 0.15) is 0 Å². The van der Waals surface area contributed by atoms with Crippen molar-refractivity contribution in [3.63, 3.8) is 0 Å². The van der Waals surface area contributed by atoms with Crippen molar-refractivity contribution in [3.8, 4) is 0 Å². The number of carbonyl (C=O) groups is 1. The van der Waals surface area contributed by atoms with Crippen molar-refractivity contribution in [1.29, 1.82) is 0 Å². The van der Waals surface area contributed by atoms with Crippen LogP contribution in [0.5, 0.6) is 0 Å². The molecule has 4 rings (SSSR count). The maximum absolute atomic E-state index is 13.2. The van der Waals surface area contributed by atoms with Crippen LogP contribution in [0.15, 0.2) is 30.3 Å². The highest BCUT2D eigenvalue weighted by molar-refractivity contribution is 5.91. The maximum atomic E-state index is 13.2. The number of carbonyl (C=O) groups excluding carboxylic acids is 1. The van der Waals surface area contributed by atoms with Crippen molar-refractivity contribution in [2.24, 2.45) is 5.92 Å². The fourth-order valence-corrected chi connectivity index (χ4v) is 4.36. The largest absolute Gasteiger partial charge is 0.379 e. The van der Waals surface area contributed by atoms with Gasteiger partial charge in [-0.1, -0.05) is 30.3 Å². The summed E-state index contributed by atoms with van der Waals surface area (Å²) in [6.07, 6.45) is 4.42. The predicted octanol–water partition coefficient (Wildman–Crippen LogP) is 2.29. The molecule has 0 bridgehead atoms. The number of benzene rings is 1. The molecule has 0 spiro atoms. The Hall–Kier alpha value is -1.39. The number of hydrogen-bond donors (Lipinski definition) is 0. The molecule has 24 heavy (non-hydrogen) atoms. The lowest BCUT2D eigenvalue weighted by atomic mass is 9.91. The molecule has 2 heterocycles. The molecule has 0 unspecified atom stereocenters. The predicted molar refractivity (Wildman–Crippen MR) is 93.9 cm³/mol. The van der Waals surface area contributed by atoms with E-state index in [4.69, 9.17) is 4.74 Å². The topological polar surface area (TPSA) is 32.8 Å². The van der Waals surface area contributed by atoms with Crippen LogP contribution in [0.1, 0.15) is 31.2 Å². The van der Waals surface area contributed by atoms with E-state index in [2.05, 4.69) is 34.1 Å². The standard InChI is InChI=1S/C20H28N2O2/c23-19(20(8-9-20)18-6-2-1-3-7-18)22-10-4-5-17(16-22)15-21-11-13-24-14-12-21/h1-3,6-7,17H,4-5,8-16H2/t17-/m0/s1. The fourth-order valence-electron chi connectivity index (χ4n) is 4.36. The molecule has 3 fully saturated rings. The van der Waals surface area contributed by atoms with Gasteiger partial charge >= 0.3 is 0 Å². The van der Waals surface area contributed by atoms with E-state index in [1.165, 1.54) is 12.0 Å². The first kappa shape index (κ1) is 16.1. The molecule has 0 N–H and O–H groups in total. The van der Waals surface area contributed by atoms with Crippen molar-refractivity contribution in [2.75, 3.05) is 45.9 Å². The molecular weight excluding hydrogens is 300 g/mol. The number of piperidine rings is 1. The first-order valence-electron chi connectivity index (χ1n) is 9.43. The van der Waals surface area contributed by atoms with E-state index < -0.39 is 0 Å². The zero-order chi connectivity index (χ0) is 16.4. The van der Waals surface area contributed by atoms with Crippen LogP contribution in [0, 0.1) is 5.92 Å². The Balaban J connectivity index is 1.39. The van der Waals surface area contributed by atoms with Crippen molar-refractivity contribution in [3.05, 3.63) is 35.9 Å². The smallest absolute Gasteiger partial charge is 0.233 e. The van der Waals surface area contributed by atoms with Crippen LogP contribution >= 0.6 is 0 Å². The number of rotatable bonds is 4. The second-order valence-electron chi connectivity index (χ2n) is 7.62. The zero-order valence-corrected chi connectivity index (χ0v) is 14.5. The normalized spacial score (nSPS) is 27.0. The van der Waals surface area contributed by atoms with Crippen LogP contribution < -0.4 is 0 Å². The second kappa shape index (κ2) is 6.85. The molecule has 130 valence electrons. The highest BCUT2D eigenvalue weighted by Crippen LogP contribution is 2.49. The molecule has 1 atom stereocenters. The van der Waals surface area contributed by atoms with E-state index in [1.807, 2.05) is 6.07 Å².